The molecule has 0 fully saturated rings. The predicted molar refractivity (Wildman–Crippen MR) is 219 cm³/mol. The van der Waals surface area contributed by atoms with Gasteiger partial charge in [-0.2, -0.15) is 0 Å². The van der Waals surface area contributed by atoms with Gasteiger partial charge in [0, 0.05) is 59.1 Å². The van der Waals surface area contributed by atoms with E-state index in [0.717, 1.165) is 82.5 Å². The standard InChI is InChI=1S/C48H29NO2S/c1-2-8-32(9-3-1)45-26-27-46(52-45)33-16-20-34(21-17-33)49(35-22-14-30-18-24-39-37-10-4-6-12-43(37)50-47(39)41(30)28-35)36-23-15-31-19-25-40-38-11-5-7-13-44(38)51-48(40)42(31)29-36/h1-29H. The molecule has 0 aliphatic heterocycles. The van der Waals surface area contributed by atoms with E-state index in [1.54, 1.807) is 0 Å². The fraction of sp³-hybridized carbons (Fsp3) is 0. The Balaban J connectivity index is 1.09. The fourth-order valence-corrected chi connectivity index (χ4v) is 8.75. The summed E-state index contributed by atoms with van der Waals surface area (Å²) < 4.78 is 13.0. The van der Waals surface area contributed by atoms with Crippen LogP contribution >= 0.6 is 11.3 Å². The number of hydrogen-bond acceptors (Lipinski definition) is 4. The summed E-state index contributed by atoms with van der Waals surface area (Å²) in [6, 6.07) is 62.6. The third-order valence-corrected chi connectivity index (χ3v) is 11.5. The van der Waals surface area contributed by atoms with Gasteiger partial charge in [-0.15, -0.1) is 11.3 Å². The second kappa shape index (κ2) is 11.5. The van der Waals surface area contributed by atoms with Crippen molar-refractivity contribution < 1.29 is 8.83 Å². The number of anilines is 3. The first-order chi connectivity index (χ1) is 25.7. The van der Waals surface area contributed by atoms with Crippen molar-refractivity contribution in [3.8, 4) is 20.9 Å². The number of rotatable bonds is 5. The van der Waals surface area contributed by atoms with Gasteiger partial charge >= 0.3 is 0 Å². The minimum atomic E-state index is 0.899. The van der Waals surface area contributed by atoms with Crippen molar-refractivity contribution in [3.63, 3.8) is 0 Å². The summed E-state index contributed by atoms with van der Waals surface area (Å²) in [5.41, 5.74) is 9.21. The monoisotopic (exact) mass is 683 g/mol. The van der Waals surface area contributed by atoms with Crippen molar-refractivity contribution in [2.75, 3.05) is 4.90 Å². The van der Waals surface area contributed by atoms with E-state index in [0.29, 0.717) is 0 Å². The Morgan fingerprint density at radius 2 is 0.808 bits per heavy atom. The lowest BCUT2D eigenvalue weighted by atomic mass is 10.0. The second-order valence-electron chi connectivity index (χ2n) is 13.3. The first kappa shape index (κ1) is 29.1. The van der Waals surface area contributed by atoms with Gasteiger partial charge in [-0.25, -0.2) is 0 Å². The summed E-state index contributed by atoms with van der Waals surface area (Å²) in [5.74, 6) is 0. The molecule has 0 amide bonds. The van der Waals surface area contributed by atoms with E-state index in [-0.39, 0.29) is 0 Å². The highest BCUT2D eigenvalue weighted by Crippen LogP contribution is 2.43. The molecule has 4 heteroatoms. The molecular formula is C48H29NO2S. The molecule has 0 unspecified atom stereocenters. The van der Waals surface area contributed by atoms with Crippen molar-refractivity contribution in [2.45, 2.75) is 0 Å². The van der Waals surface area contributed by atoms with Crippen molar-refractivity contribution in [2.24, 2.45) is 0 Å². The van der Waals surface area contributed by atoms with E-state index in [1.807, 2.05) is 35.6 Å². The van der Waals surface area contributed by atoms with Gasteiger partial charge in [0.1, 0.15) is 22.3 Å². The molecule has 0 aliphatic rings. The van der Waals surface area contributed by atoms with Crippen LogP contribution in [0.15, 0.2) is 185 Å². The van der Waals surface area contributed by atoms with Gasteiger partial charge in [0.05, 0.1) is 0 Å². The SMILES string of the molecule is c1ccc(-c2ccc(-c3ccc(N(c4ccc5ccc6c7ccccc7oc6c5c4)c4ccc5ccc6c7ccccc7oc6c5c4)cc3)s2)cc1. The lowest BCUT2D eigenvalue weighted by Crippen LogP contribution is -2.10. The largest absolute Gasteiger partial charge is 0.455 e. The van der Waals surface area contributed by atoms with E-state index >= 15 is 0 Å². The molecule has 11 rings (SSSR count). The second-order valence-corrected chi connectivity index (χ2v) is 14.4. The Morgan fingerprint density at radius 1 is 0.346 bits per heavy atom. The van der Waals surface area contributed by atoms with E-state index in [9.17, 15) is 0 Å². The quantitative estimate of drug-likeness (QED) is 0.181. The lowest BCUT2D eigenvalue weighted by molar-refractivity contribution is 0.672. The molecule has 0 saturated carbocycles. The molecule has 3 heterocycles. The number of furan rings is 2. The van der Waals surface area contributed by atoms with Crippen molar-refractivity contribution >= 4 is 93.8 Å². The number of para-hydroxylation sites is 2. The fourth-order valence-electron chi connectivity index (χ4n) is 7.73. The Hall–Kier alpha value is -6.62. The minimum absolute atomic E-state index is 0.899. The molecule has 0 spiro atoms. The molecular weight excluding hydrogens is 655 g/mol. The molecule has 244 valence electrons. The summed E-state index contributed by atoms with van der Waals surface area (Å²) in [5, 5.41) is 8.96. The third-order valence-electron chi connectivity index (χ3n) is 10.3. The van der Waals surface area contributed by atoms with Crippen LogP contribution in [0.25, 0.3) is 86.3 Å². The summed E-state index contributed by atoms with van der Waals surface area (Å²) in [7, 11) is 0. The maximum absolute atomic E-state index is 6.52. The zero-order valence-electron chi connectivity index (χ0n) is 27.9. The summed E-state index contributed by atoms with van der Waals surface area (Å²) in [4.78, 5) is 4.85. The molecule has 3 aromatic heterocycles. The highest BCUT2D eigenvalue weighted by Gasteiger charge is 2.18. The van der Waals surface area contributed by atoms with Crippen LogP contribution in [0.4, 0.5) is 17.1 Å². The van der Waals surface area contributed by atoms with Gasteiger partial charge < -0.3 is 13.7 Å². The Morgan fingerprint density at radius 3 is 1.37 bits per heavy atom. The molecule has 11 aromatic rings. The number of fused-ring (bicyclic) bond motifs is 10. The highest BCUT2D eigenvalue weighted by atomic mass is 32.1. The van der Waals surface area contributed by atoms with Crippen LogP contribution in [-0.4, -0.2) is 0 Å². The van der Waals surface area contributed by atoms with Gasteiger partial charge in [-0.3, -0.25) is 0 Å². The zero-order chi connectivity index (χ0) is 34.2. The van der Waals surface area contributed by atoms with Crippen LogP contribution in [0.3, 0.4) is 0 Å². The molecule has 0 bridgehead atoms. The molecule has 0 radical (unpaired) electrons. The van der Waals surface area contributed by atoms with Crippen LogP contribution in [0.1, 0.15) is 0 Å². The summed E-state index contributed by atoms with van der Waals surface area (Å²) in [6.45, 7) is 0. The molecule has 0 saturated heterocycles. The predicted octanol–water partition coefficient (Wildman–Crippen LogP) is 14.7. The smallest absolute Gasteiger partial charge is 0.143 e. The molecule has 0 atom stereocenters. The van der Waals surface area contributed by atoms with Crippen LogP contribution < -0.4 is 4.90 Å². The van der Waals surface area contributed by atoms with E-state index in [1.165, 1.54) is 20.9 Å². The molecule has 3 nitrogen and oxygen atoms in total. The Labute approximate surface area is 303 Å². The molecule has 0 aliphatic carbocycles. The van der Waals surface area contributed by atoms with Crippen LogP contribution in [-0.2, 0) is 0 Å². The third kappa shape index (κ3) is 4.58. The average molecular weight is 684 g/mol. The minimum Gasteiger partial charge on any atom is -0.455 e. The number of benzene rings is 8. The van der Waals surface area contributed by atoms with Gasteiger partial charge in [0.25, 0.3) is 0 Å². The highest BCUT2D eigenvalue weighted by molar-refractivity contribution is 7.18. The van der Waals surface area contributed by atoms with Crippen LogP contribution in [0.2, 0.25) is 0 Å². The molecule has 52 heavy (non-hydrogen) atoms. The molecule has 0 N–H and O–H groups in total. The van der Waals surface area contributed by atoms with Crippen LogP contribution in [0, 0.1) is 0 Å². The normalized spacial score (nSPS) is 11.8. The Bertz CT molecular complexity index is 2980. The number of nitrogens with zero attached hydrogens (tertiary/aromatic N) is 1. The number of hydrogen-bond donors (Lipinski definition) is 0. The maximum Gasteiger partial charge on any atom is 0.143 e. The van der Waals surface area contributed by atoms with E-state index < -0.39 is 0 Å². The summed E-state index contributed by atoms with van der Waals surface area (Å²) >= 11 is 1.82. The molecule has 8 aromatic carbocycles. The van der Waals surface area contributed by atoms with Crippen LogP contribution in [0.5, 0.6) is 0 Å². The maximum atomic E-state index is 6.52. The van der Waals surface area contributed by atoms with Gasteiger partial charge in [0.15, 0.2) is 0 Å². The Kier molecular flexibility index (Phi) is 6.42. The van der Waals surface area contributed by atoms with Crippen molar-refractivity contribution in [1.29, 1.82) is 0 Å². The van der Waals surface area contributed by atoms with E-state index in [2.05, 4.69) is 157 Å². The van der Waals surface area contributed by atoms with Gasteiger partial charge in [0.2, 0.25) is 0 Å². The van der Waals surface area contributed by atoms with Crippen molar-refractivity contribution in [3.05, 3.63) is 176 Å². The van der Waals surface area contributed by atoms with Gasteiger partial charge in [-0.1, -0.05) is 103 Å². The average Bonchev–Trinajstić information content (AvgIpc) is 3.95. The van der Waals surface area contributed by atoms with Crippen molar-refractivity contribution in [1.82, 2.24) is 0 Å². The zero-order valence-corrected chi connectivity index (χ0v) is 28.7. The van der Waals surface area contributed by atoms with E-state index in [4.69, 9.17) is 8.83 Å². The number of thiophene rings is 1. The first-order valence-corrected chi connectivity index (χ1v) is 18.3. The van der Waals surface area contributed by atoms with Gasteiger partial charge in [-0.05, 0) is 94.7 Å². The lowest BCUT2D eigenvalue weighted by Gasteiger charge is -2.26. The topological polar surface area (TPSA) is 29.5 Å². The summed E-state index contributed by atoms with van der Waals surface area (Å²) in [6.07, 6.45) is 0. The first-order valence-electron chi connectivity index (χ1n) is 17.5.